The second-order valence-electron chi connectivity index (χ2n) is 5.95. The predicted octanol–water partition coefficient (Wildman–Crippen LogP) is 3.63. The van der Waals surface area contributed by atoms with Gasteiger partial charge in [0.05, 0.1) is 12.0 Å². The van der Waals surface area contributed by atoms with E-state index in [-0.39, 0.29) is 30.5 Å². The molecule has 2 aromatic rings. The van der Waals surface area contributed by atoms with E-state index in [2.05, 4.69) is 5.32 Å². The molecule has 3 rings (SSSR count). The van der Waals surface area contributed by atoms with E-state index in [1.54, 1.807) is 61.7 Å². The topological polar surface area (TPSA) is 78.9 Å². The van der Waals surface area contributed by atoms with Gasteiger partial charge in [-0.1, -0.05) is 36.1 Å². The molecule has 0 spiro atoms. The van der Waals surface area contributed by atoms with Crippen molar-refractivity contribution < 1.29 is 19.4 Å². The van der Waals surface area contributed by atoms with Crippen LogP contribution in [0, 0.1) is 0 Å². The van der Waals surface area contributed by atoms with E-state index >= 15 is 0 Å². The van der Waals surface area contributed by atoms with E-state index in [9.17, 15) is 14.7 Å². The molecule has 8 heteroatoms. The number of carbonyl (C=O) groups excluding carboxylic acids is 2. The number of carbonyl (C=O) groups is 2. The fraction of sp³-hybridized carbons (Fsp3) is 0.150. The smallest absolute Gasteiger partial charge is 0.266 e. The zero-order valence-corrected chi connectivity index (χ0v) is 16.7. The molecule has 1 aliphatic rings. The van der Waals surface area contributed by atoms with Crippen molar-refractivity contribution in [2.75, 3.05) is 19.0 Å². The minimum atomic E-state index is -0.222. The number of hydrogen-bond donors (Lipinski definition) is 2. The average Bonchev–Trinajstić information content (AvgIpc) is 2.95. The van der Waals surface area contributed by atoms with E-state index in [4.69, 9.17) is 17.0 Å². The Morgan fingerprint density at radius 3 is 2.54 bits per heavy atom. The lowest BCUT2D eigenvalue weighted by Gasteiger charge is -2.14. The summed E-state index contributed by atoms with van der Waals surface area (Å²) >= 11 is 6.48. The van der Waals surface area contributed by atoms with Crippen LogP contribution in [-0.2, 0) is 9.59 Å². The average molecular weight is 415 g/mol. The summed E-state index contributed by atoms with van der Waals surface area (Å²) in [6.45, 7) is 0.208. The second-order valence-corrected chi connectivity index (χ2v) is 7.63. The number of phenols is 1. The molecule has 1 heterocycles. The quantitative estimate of drug-likeness (QED) is 0.555. The van der Waals surface area contributed by atoms with Crippen LogP contribution < -0.4 is 10.1 Å². The number of methoxy groups -OCH3 is 1. The highest BCUT2D eigenvalue weighted by atomic mass is 32.2. The highest BCUT2D eigenvalue weighted by molar-refractivity contribution is 8.26. The fourth-order valence-electron chi connectivity index (χ4n) is 2.53. The van der Waals surface area contributed by atoms with E-state index < -0.39 is 0 Å². The summed E-state index contributed by atoms with van der Waals surface area (Å²) in [5, 5.41) is 12.1. The summed E-state index contributed by atoms with van der Waals surface area (Å²) in [6, 6.07) is 13.5. The molecule has 1 aliphatic heterocycles. The maximum absolute atomic E-state index is 12.6. The molecule has 1 fully saturated rings. The van der Waals surface area contributed by atoms with Gasteiger partial charge in [0.2, 0.25) is 5.91 Å². The molecule has 0 radical (unpaired) electrons. The number of hydrogen-bond acceptors (Lipinski definition) is 6. The SMILES string of the molecule is COc1ccc(NC(=O)CCN2C(=O)/C(=C/c3ccc(O)cc3)SC2=S)cc1. The van der Waals surface area contributed by atoms with Gasteiger partial charge in [-0.3, -0.25) is 14.5 Å². The van der Waals surface area contributed by atoms with Gasteiger partial charge in [0, 0.05) is 18.7 Å². The first kappa shape index (κ1) is 19.9. The number of aromatic hydroxyl groups is 1. The number of amides is 2. The van der Waals surface area contributed by atoms with Crippen LogP contribution in [0.15, 0.2) is 53.4 Å². The Labute approximate surface area is 172 Å². The number of ether oxygens (including phenoxy) is 1. The number of benzene rings is 2. The molecular formula is C20H18N2O4S2. The van der Waals surface area contributed by atoms with E-state index in [0.717, 1.165) is 5.56 Å². The third-order valence-corrected chi connectivity index (χ3v) is 5.38. The van der Waals surface area contributed by atoms with Crippen LogP contribution in [0.4, 0.5) is 5.69 Å². The van der Waals surface area contributed by atoms with Gasteiger partial charge < -0.3 is 15.2 Å². The molecular weight excluding hydrogens is 396 g/mol. The van der Waals surface area contributed by atoms with Gasteiger partial charge in [0.25, 0.3) is 5.91 Å². The lowest BCUT2D eigenvalue weighted by molar-refractivity contribution is -0.122. The molecule has 0 aromatic heterocycles. The molecule has 0 atom stereocenters. The highest BCUT2D eigenvalue weighted by Gasteiger charge is 2.32. The molecule has 1 saturated heterocycles. The number of thiocarbonyl (C=S) groups is 1. The van der Waals surface area contributed by atoms with E-state index in [1.165, 1.54) is 16.7 Å². The maximum Gasteiger partial charge on any atom is 0.266 e. The first-order chi connectivity index (χ1) is 13.5. The normalized spacial score (nSPS) is 15.2. The molecule has 0 unspecified atom stereocenters. The van der Waals surface area contributed by atoms with Crippen LogP contribution in [-0.4, -0.2) is 39.8 Å². The molecule has 0 saturated carbocycles. The van der Waals surface area contributed by atoms with Crippen molar-refractivity contribution in [3.8, 4) is 11.5 Å². The molecule has 28 heavy (non-hydrogen) atoms. The minimum Gasteiger partial charge on any atom is -0.508 e. The molecule has 144 valence electrons. The van der Waals surface area contributed by atoms with E-state index in [0.29, 0.717) is 20.7 Å². The Morgan fingerprint density at radius 2 is 1.89 bits per heavy atom. The number of anilines is 1. The van der Waals surface area contributed by atoms with Crippen molar-refractivity contribution in [1.29, 1.82) is 0 Å². The van der Waals surface area contributed by atoms with Crippen molar-refractivity contribution >= 4 is 51.9 Å². The lowest BCUT2D eigenvalue weighted by atomic mass is 10.2. The molecule has 6 nitrogen and oxygen atoms in total. The van der Waals surface area contributed by atoms with Gasteiger partial charge in [0.1, 0.15) is 15.8 Å². The van der Waals surface area contributed by atoms with Crippen LogP contribution in [0.5, 0.6) is 11.5 Å². The summed E-state index contributed by atoms with van der Waals surface area (Å²) in [5.41, 5.74) is 1.44. The van der Waals surface area contributed by atoms with Crippen LogP contribution in [0.25, 0.3) is 6.08 Å². The van der Waals surface area contributed by atoms with Gasteiger partial charge in [0.15, 0.2) is 0 Å². The van der Waals surface area contributed by atoms with Crippen molar-refractivity contribution in [1.82, 2.24) is 4.90 Å². The summed E-state index contributed by atoms with van der Waals surface area (Å²) < 4.78 is 5.50. The van der Waals surface area contributed by atoms with E-state index in [1.807, 2.05) is 0 Å². The number of nitrogens with one attached hydrogen (secondary N) is 1. The standard InChI is InChI=1S/C20H18N2O4S2/c1-26-16-8-4-14(5-9-16)21-18(24)10-11-22-19(25)17(28-20(22)27)12-13-2-6-15(23)7-3-13/h2-9,12,23H,10-11H2,1H3,(H,21,24)/b17-12-. The third kappa shape index (κ3) is 4.90. The Morgan fingerprint density at radius 1 is 1.21 bits per heavy atom. The number of thioether (sulfide) groups is 1. The third-order valence-electron chi connectivity index (χ3n) is 4.00. The van der Waals surface area contributed by atoms with Crippen LogP contribution >= 0.6 is 24.0 Å². The Kier molecular flexibility index (Phi) is 6.33. The monoisotopic (exact) mass is 414 g/mol. The maximum atomic E-state index is 12.6. The summed E-state index contributed by atoms with van der Waals surface area (Å²) in [7, 11) is 1.58. The van der Waals surface area contributed by atoms with Gasteiger partial charge in [-0.05, 0) is 48.0 Å². The number of phenolic OH excluding ortho intramolecular Hbond substituents is 1. The fourth-order valence-corrected chi connectivity index (χ4v) is 3.83. The Bertz CT molecular complexity index is 924. The zero-order valence-electron chi connectivity index (χ0n) is 15.0. The summed E-state index contributed by atoms with van der Waals surface area (Å²) in [6.07, 6.45) is 1.85. The van der Waals surface area contributed by atoms with Gasteiger partial charge in [-0.25, -0.2) is 0 Å². The molecule has 0 bridgehead atoms. The molecule has 0 aliphatic carbocycles. The van der Waals surface area contributed by atoms with Crippen LogP contribution in [0.2, 0.25) is 0 Å². The largest absolute Gasteiger partial charge is 0.508 e. The highest BCUT2D eigenvalue weighted by Crippen LogP contribution is 2.32. The summed E-state index contributed by atoms with van der Waals surface area (Å²) in [4.78, 5) is 26.7. The Hall–Kier alpha value is -2.84. The van der Waals surface area contributed by atoms with Gasteiger partial charge >= 0.3 is 0 Å². The predicted molar refractivity (Wildman–Crippen MR) is 114 cm³/mol. The van der Waals surface area contributed by atoms with Crippen molar-refractivity contribution in [3.63, 3.8) is 0 Å². The van der Waals surface area contributed by atoms with Crippen molar-refractivity contribution in [2.45, 2.75) is 6.42 Å². The summed E-state index contributed by atoms with van der Waals surface area (Å²) in [5.74, 6) is 0.436. The number of nitrogens with zero attached hydrogens (tertiary/aromatic N) is 1. The zero-order chi connectivity index (χ0) is 20.1. The molecule has 2 N–H and O–H groups in total. The molecule has 2 amide bonds. The second kappa shape index (κ2) is 8.90. The van der Waals surface area contributed by atoms with Gasteiger partial charge in [-0.2, -0.15) is 0 Å². The van der Waals surface area contributed by atoms with Crippen LogP contribution in [0.1, 0.15) is 12.0 Å². The van der Waals surface area contributed by atoms with Crippen molar-refractivity contribution in [2.24, 2.45) is 0 Å². The lowest BCUT2D eigenvalue weighted by Crippen LogP contribution is -2.31. The first-order valence-electron chi connectivity index (χ1n) is 8.44. The molecule has 2 aromatic carbocycles. The van der Waals surface area contributed by atoms with Gasteiger partial charge in [-0.15, -0.1) is 0 Å². The number of rotatable bonds is 6. The first-order valence-corrected chi connectivity index (χ1v) is 9.67. The van der Waals surface area contributed by atoms with Crippen molar-refractivity contribution in [3.05, 3.63) is 59.0 Å². The minimum absolute atomic E-state index is 0.130. The Balaban J connectivity index is 1.57. The van der Waals surface area contributed by atoms with Crippen LogP contribution in [0.3, 0.4) is 0 Å².